The Bertz CT molecular complexity index is 99.1. The number of hydrogen-bond donors (Lipinski definition) is 0. The van der Waals surface area contributed by atoms with Gasteiger partial charge >= 0.3 is 0 Å². The van der Waals surface area contributed by atoms with E-state index in [0.29, 0.717) is 5.25 Å². The summed E-state index contributed by atoms with van der Waals surface area (Å²) in [6.45, 7) is 3.63. The normalized spacial score (nSPS) is 13.9. The van der Waals surface area contributed by atoms with Crippen LogP contribution in [0.1, 0.15) is 6.42 Å². The van der Waals surface area contributed by atoms with Crippen molar-refractivity contribution in [2.45, 2.75) is 11.7 Å². The Morgan fingerprint density at radius 1 is 1.78 bits per heavy atom. The van der Waals surface area contributed by atoms with Crippen LogP contribution >= 0.6 is 11.8 Å². The van der Waals surface area contributed by atoms with Crippen molar-refractivity contribution < 1.29 is 5.11 Å². The van der Waals surface area contributed by atoms with Gasteiger partial charge in [-0.1, -0.05) is 6.08 Å². The molecule has 9 heavy (non-hydrogen) atoms. The molecule has 0 N–H and O–H groups in total. The van der Waals surface area contributed by atoms with Gasteiger partial charge in [-0.3, -0.25) is 5.11 Å². The standard InChI is InChI=1S/C7H11OS/c1-3-7(9-2)5-4-6-8/h3-4,6-7H,1,5H2,2H3/b6-4+. The SMILES string of the molecule is C=CC(C/C=C/[O])SC. The Labute approximate surface area is 60.5 Å². The van der Waals surface area contributed by atoms with E-state index < -0.39 is 0 Å². The Kier molecular flexibility index (Phi) is 5.52. The highest BCUT2D eigenvalue weighted by molar-refractivity contribution is 7.99. The van der Waals surface area contributed by atoms with E-state index in [1.54, 1.807) is 17.8 Å². The van der Waals surface area contributed by atoms with E-state index in [1.165, 1.54) is 0 Å². The van der Waals surface area contributed by atoms with Gasteiger partial charge in [0.15, 0.2) is 0 Å². The number of allylic oxidation sites excluding steroid dienone is 1. The Hall–Kier alpha value is -0.370. The van der Waals surface area contributed by atoms with Gasteiger partial charge in [-0.2, -0.15) is 11.8 Å². The molecule has 2 heteroatoms. The number of thioether (sulfide) groups is 1. The third-order valence-corrected chi connectivity index (χ3v) is 2.02. The van der Waals surface area contributed by atoms with E-state index in [2.05, 4.69) is 6.58 Å². The number of hydrogen-bond acceptors (Lipinski definition) is 1. The molecule has 0 aromatic heterocycles. The van der Waals surface area contributed by atoms with Crippen molar-refractivity contribution in [2.24, 2.45) is 0 Å². The summed E-state index contributed by atoms with van der Waals surface area (Å²) in [4.78, 5) is 0. The summed E-state index contributed by atoms with van der Waals surface area (Å²) in [6.07, 6.45) is 7.10. The van der Waals surface area contributed by atoms with Crippen molar-refractivity contribution in [1.82, 2.24) is 0 Å². The molecule has 0 aromatic rings. The van der Waals surface area contributed by atoms with Crippen LogP contribution in [0.25, 0.3) is 0 Å². The maximum absolute atomic E-state index is 9.84. The number of rotatable bonds is 4. The van der Waals surface area contributed by atoms with E-state index in [9.17, 15) is 5.11 Å². The topological polar surface area (TPSA) is 19.9 Å². The van der Waals surface area contributed by atoms with Crippen molar-refractivity contribution in [3.8, 4) is 0 Å². The molecule has 0 saturated heterocycles. The third-order valence-electron chi connectivity index (χ3n) is 1.03. The van der Waals surface area contributed by atoms with E-state index in [1.807, 2.05) is 12.3 Å². The van der Waals surface area contributed by atoms with Gasteiger partial charge in [-0.25, -0.2) is 0 Å². The zero-order chi connectivity index (χ0) is 7.11. The monoisotopic (exact) mass is 143 g/mol. The second kappa shape index (κ2) is 5.76. The zero-order valence-corrected chi connectivity index (χ0v) is 6.36. The Morgan fingerprint density at radius 3 is 2.78 bits per heavy atom. The smallest absolute Gasteiger partial charge is 0.138 e. The van der Waals surface area contributed by atoms with E-state index >= 15 is 0 Å². The van der Waals surface area contributed by atoms with Crippen molar-refractivity contribution in [3.63, 3.8) is 0 Å². The van der Waals surface area contributed by atoms with Crippen LogP contribution < -0.4 is 0 Å². The minimum absolute atomic E-state index is 0.398. The Balaban J connectivity index is 3.42. The van der Waals surface area contributed by atoms with Crippen LogP contribution in [0, 0.1) is 0 Å². The van der Waals surface area contributed by atoms with Crippen molar-refractivity contribution in [3.05, 3.63) is 25.0 Å². The Morgan fingerprint density at radius 2 is 2.44 bits per heavy atom. The molecule has 1 radical (unpaired) electrons. The summed E-state index contributed by atoms with van der Waals surface area (Å²) in [7, 11) is 0. The minimum Gasteiger partial charge on any atom is -0.299 e. The molecule has 1 unspecified atom stereocenters. The summed E-state index contributed by atoms with van der Waals surface area (Å²) in [5.41, 5.74) is 0. The fourth-order valence-electron chi connectivity index (χ4n) is 0.478. The summed E-state index contributed by atoms with van der Waals surface area (Å²) in [6, 6.07) is 0. The predicted octanol–water partition coefficient (Wildman–Crippen LogP) is 2.24. The lowest BCUT2D eigenvalue weighted by Gasteiger charge is -2.02. The molecule has 0 amide bonds. The van der Waals surface area contributed by atoms with Gasteiger partial charge in [0.25, 0.3) is 0 Å². The molecule has 51 valence electrons. The molecule has 1 nitrogen and oxygen atoms in total. The quantitative estimate of drug-likeness (QED) is 0.436. The van der Waals surface area contributed by atoms with Gasteiger partial charge in [-0.05, 0) is 18.8 Å². The van der Waals surface area contributed by atoms with Crippen LogP contribution in [-0.2, 0) is 5.11 Å². The molecular formula is C7H11OS. The maximum Gasteiger partial charge on any atom is 0.138 e. The van der Waals surface area contributed by atoms with Crippen molar-refractivity contribution >= 4 is 11.8 Å². The lowest BCUT2D eigenvalue weighted by molar-refractivity contribution is 0.350. The van der Waals surface area contributed by atoms with Crippen LogP contribution in [0.5, 0.6) is 0 Å². The molecule has 0 aromatic carbocycles. The van der Waals surface area contributed by atoms with Crippen LogP contribution in [0.2, 0.25) is 0 Å². The van der Waals surface area contributed by atoms with Gasteiger partial charge in [-0.15, -0.1) is 6.58 Å². The highest BCUT2D eigenvalue weighted by Gasteiger charge is 1.95. The zero-order valence-electron chi connectivity index (χ0n) is 5.54. The molecule has 0 aliphatic carbocycles. The van der Waals surface area contributed by atoms with Crippen LogP contribution in [0.3, 0.4) is 0 Å². The highest BCUT2D eigenvalue weighted by atomic mass is 32.2. The molecule has 0 aliphatic rings. The second-order valence-electron chi connectivity index (χ2n) is 1.62. The first-order valence-electron chi connectivity index (χ1n) is 2.77. The average Bonchev–Trinajstić information content (AvgIpc) is 1.91. The van der Waals surface area contributed by atoms with Crippen LogP contribution in [0.15, 0.2) is 25.0 Å². The molecule has 0 aliphatic heterocycles. The lowest BCUT2D eigenvalue weighted by Crippen LogP contribution is -1.92. The summed E-state index contributed by atoms with van der Waals surface area (Å²) < 4.78 is 0. The first-order valence-corrected chi connectivity index (χ1v) is 4.06. The third kappa shape index (κ3) is 4.15. The molecule has 1 atom stereocenters. The molecule has 0 rings (SSSR count). The minimum atomic E-state index is 0.398. The fraction of sp³-hybridized carbons (Fsp3) is 0.429. The second-order valence-corrected chi connectivity index (χ2v) is 2.69. The van der Waals surface area contributed by atoms with Gasteiger partial charge < -0.3 is 0 Å². The van der Waals surface area contributed by atoms with E-state index in [0.717, 1.165) is 12.7 Å². The molecular weight excluding hydrogens is 132 g/mol. The molecule has 0 bridgehead atoms. The highest BCUT2D eigenvalue weighted by Crippen LogP contribution is 2.11. The lowest BCUT2D eigenvalue weighted by atomic mass is 10.3. The molecule has 0 heterocycles. The first-order chi connectivity index (χ1) is 4.35. The van der Waals surface area contributed by atoms with Crippen molar-refractivity contribution in [2.75, 3.05) is 6.26 Å². The van der Waals surface area contributed by atoms with Gasteiger partial charge in [0, 0.05) is 5.25 Å². The van der Waals surface area contributed by atoms with Gasteiger partial charge in [0.05, 0.1) is 0 Å². The average molecular weight is 143 g/mol. The maximum atomic E-state index is 9.84. The molecule has 0 saturated carbocycles. The van der Waals surface area contributed by atoms with E-state index in [4.69, 9.17) is 0 Å². The summed E-state index contributed by atoms with van der Waals surface area (Å²) >= 11 is 1.70. The summed E-state index contributed by atoms with van der Waals surface area (Å²) in [5.74, 6) is 0. The molecule has 0 spiro atoms. The predicted molar refractivity (Wildman–Crippen MR) is 41.9 cm³/mol. The van der Waals surface area contributed by atoms with Gasteiger partial charge in [0.2, 0.25) is 0 Å². The van der Waals surface area contributed by atoms with E-state index in [-0.39, 0.29) is 0 Å². The van der Waals surface area contributed by atoms with Gasteiger partial charge in [0.1, 0.15) is 6.26 Å². The van der Waals surface area contributed by atoms with Crippen LogP contribution in [0.4, 0.5) is 0 Å². The van der Waals surface area contributed by atoms with Crippen molar-refractivity contribution in [1.29, 1.82) is 0 Å². The van der Waals surface area contributed by atoms with Crippen LogP contribution in [-0.4, -0.2) is 11.5 Å². The summed E-state index contributed by atoms with van der Waals surface area (Å²) in [5, 5.41) is 10.2. The fourth-order valence-corrected chi connectivity index (χ4v) is 0.974. The molecule has 0 fully saturated rings. The first kappa shape index (κ1) is 8.63. The largest absolute Gasteiger partial charge is 0.299 e.